The minimum absolute atomic E-state index is 0. The number of nitrogens with two attached hydrogens (primary N) is 1. The number of rotatable bonds is 0. The summed E-state index contributed by atoms with van der Waals surface area (Å²) in [5.74, 6) is 0. The zero-order valence-corrected chi connectivity index (χ0v) is 10.2. The third kappa shape index (κ3) is 36.9. The molecule has 0 spiro atoms. The molecule has 4 nitrogen and oxygen atoms in total. The van der Waals surface area contributed by atoms with Crippen LogP contribution in [-0.4, -0.2) is 67.1 Å². The fraction of sp³-hybridized carbons (Fsp3) is 0.500. The van der Waals surface area contributed by atoms with E-state index < -0.39 is 5.17 Å². The molecule has 0 amide bonds. The zero-order chi connectivity index (χ0) is 8.73. The van der Waals surface area contributed by atoms with Crippen LogP contribution in [0.15, 0.2) is 0 Å². The van der Waals surface area contributed by atoms with E-state index in [1.54, 1.807) is 14.1 Å². The summed E-state index contributed by atoms with van der Waals surface area (Å²) >= 11 is 7.95. The summed E-state index contributed by atoms with van der Waals surface area (Å²) in [6, 6.07) is 0. The molecule has 0 aliphatic rings. The van der Waals surface area contributed by atoms with Crippen LogP contribution in [0.5, 0.6) is 0 Å². The second-order valence-corrected chi connectivity index (χ2v) is 2.23. The molecule has 0 saturated heterocycles. The van der Waals surface area contributed by atoms with Crippen LogP contribution < -0.4 is 15.9 Å². The van der Waals surface area contributed by atoms with Crippen molar-refractivity contribution in [1.82, 2.24) is 4.90 Å². The zero-order valence-electron chi connectivity index (χ0n) is 6.36. The molecule has 11 heavy (non-hydrogen) atoms. The Morgan fingerprint density at radius 2 is 1.36 bits per heavy atom. The molecular formula is C4H8CaN2O2S2. The second kappa shape index (κ2) is 10.6. The van der Waals surface area contributed by atoms with Crippen LogP contribution in [0.3, 0.4) is 0 Å². The number of nitrogens with zero attached hydrogens (tertiary/aromatic N) is 1. The van der Waals surface area contributed by atoms with Gasteiger partial charge in [0.2, 0.25) is 0 Å². The topological polar surface area (TPSA) is 75.4 Å². The largest absolute Gasteiger partial charge is 2.00 e. The summed E-state index contributed by atoms with van der Waals surface area (Å²) in [4.78, 5) is 1.34. The Balaban J connectivity index is -0.000000114. The molecule has 0 aliphatic heterocycles. The van der Waals surface area contributed by atoms with Crippen molar-refractivity contribution < 1.29 is 10.2 Å². The number of hydrogen-bond donors (Lipinski definition) is 1. The van der Waals surface area contributed by atoms with Crippen LogP contribution in [0.25, 0.3) is 0 Å². The van der Waals surface area contributed by atoms with Gasteiger partial charge in [-0.3, -0.25) is 0 Å². The van der Waals surface area contributed by atoms with Gasteiger partial charge in [0, 0.05) is 24.4 Å². The van der Waals surface area contributed by atoms with Crippen molar-refractivity contribution in [1.29, 1.82) is 0 Å². The number of hydrogen-bond acceptors (Lipinski definition) is 4. The van der Waals surface area contributed by atoms with Gasteiger partial charge < -0.3 is 20.8 Å². The Labute approximate surface area is 106 Å². The van der Waals surface area contributed by atoms with E-state index in [9.17, 15) is 5.11 Å². The average molecular weight is 220 g/mol. The van der Waals surface area contributed by atoms with Gasteiger partial charge >= 0.3 is 37.7 Å². The Morgan fingerprint density at radius 1 is 1.27 bits per heavy atom. The van der Waals surface area contributed by atoms with E-state index in [-0.39, 0.29) is 42.9 Å². The van der Waals surface area contributed by atoms with E-state index in [2.05, 4.69) is 30.2 Å². The van der Waals surface area contributed by atoms with E-state index in [0.29, 0.717) is 0 Å². The van der Waals surface area contributed by atoms with Gasteiger partial charge in [-0.05, 0) is 0 Å². The number of thiocarbonyl (C=S) groups is 2. The first-order chi connectivity index (χ1) is 4.37. The van der Waals surface area contributed by atoms with Crippen molar-refractivity contribution in [3.8, 4) is 0 Å². The molecule has 0 aliphatic carbocycles. The molecule has 0 rings (SSSR count). The Morgan fingerprint density at radius 3 is 1.36 bits per heavy atom. The standard InChI is InChI=1S/C3H7NOS.CH3NOS.Ca/c1-4(2)3(5)6;2-1(3)4;/h1-2H3,(H,5,6);(H3,2,3,4);/q;;+2/p-2. The van der Waals surface area contributed by atoms with Crippen molar-refractivity contribution in [2.45, 2.75) is 0 Å². The summed E-state index contributed by atoms with van der Waals surface area (Å²) < 4.78 is 0. The molecule has 60 valence electrons. The second-order valence-electron chi connectivity index (χ2n) is 1.48. The Bertz CT molecular complexity index is 127. The Hall–Kier alpha value is 0.640. The summed E-state index contributed by atoms with van der Waals surface area (Å²) in [6.07, 6.45) is 0. The van der Waals surface area contributed by atoms with Gasteiger partial charge in [0.15, 0.2) is 0 Å². The van der Waals surface area contributed by atoms with Crippen molar-refractivity contribution in [3.63, 3.8) is 0 Å². The third-order valence-corrected chi connectivity index (χ3v) is 0.730. The van der Waals surface area contributed by atoms with Crippen molar-refractivity contribution in [2.24, 2.45) is 5.73 Å². The van der Waals surface area contributed by atoms with Gasteiger partial charge in [0.1, 0.15) is 0 Å². The van der Waals surface area contributed by atoms with Crippen molar-refractivity contribution in [2.75, 3.05) is 14.1 Å². The van der Waals surface area contributed by atoms with E-state index in [1.165, 1.54) is 4.90 Å². The molecule has 0 radical (unpaired) electrons. The molecule has 0 aromatic rings. The maximum atomic E-state index is 9.88. The Kier molecular flexibility index (Phi) is 17.1. The maximum absolute atomic E-state index is 9.88. The van der Waals surface area contributed by atoms with Crippen LogP contribution in [0, 0.1) is 0 Å². The summed E-state index contributed by atoms with van der Waals surface area (Å²) in [6.45, 7) is 0. The molecule has 2 N–H and O–H groups in total. The van der Waals surface area contributed by atoms with E-state index >= 15 is 0 Å². The normalized spacial score (nSPS) is 6.36. The first kappa shape index (κ1) is 17.7. The first-order valence-corrected chi connectivity index (χ1v) is 3.04. The summed E-state index contributed by atoms with van der Waals surface area (Å²) in [5.41, 5.74) is 4.29. The summed E-state index contributed by atoms with van der Waals surface area (Å²) in [7, 11) is 3.24. The van der Waals surface area contributed by atoms with Gasteiger partial charge in [-0.25, -0.2) is 0 Å². The summed E-state index contributed by atoms with van der Waals surface area (Å²) in [5, 5.41) is 17.8. The van der Waals surface area contributed by atoms with Crippen LogP contribution in [-0.2, 0) is 0 Å². The predicted molar refractivity (Wildman–Crippen MR) is 48.8 cm³/mol. The molecule has 0 aromatic carbocycles. The van der Waals surface area contributed by atoms with Gasteiger partial charge in [0.25, 0.3) is 0 Å². The van der Waals surface area contributed by atoms with Crippen LogP contribution in [0.1, 0.15) is 0 Å². The van der Waals surface area contributed by atoms with Gasteiger partial charge in [0.05, 0.1) is 0 Å². The molecule has 0 aromatic heterocycles. The fourth-order valence-electron chi connectivity index (χ4n) is 0. The van der Waals surface area contributed by atoms with Gasteiger partial charge in [-0.15, -0.1) is 0 Å². The molecule has 0 atom stereocenters. The molecule has 0 heterocycles. The van der Waals surface area contributed by atoms with E-state index in [1.807, 2.05) is 0 Å². The molecule has 0 saturated carbocycles. The molecule has 7 heteroatoms. The van der Waals surface area contributed by atoms with Gasteiger partial charge in [-0.1, -0.05) is 24.4 Å². The minimum Gasteiger partial charge on any atom is -0.852 e. The molecule has 0 unspecified atom stereocenters. The molecule has 0 fully saturated rings. The molecule has 0 bridgehead atoms. The van der Waals surface area contributed by atoms with E-state index in [4.69, 9.17) is 5.11 Å². The smallest absolute Gasteiger partial charge is 0.852 e. The first-order valence-electron chi connectivity index (χ1n) is 2.22. The van der Waals surface area contributed by atoms with E-state index in [0.717, 1.165) is 0 Å². The van der Waals surface area contributed by atoms with Crippen LogP contribution in [0.4, 0.5) is 0 Å². The average Bonchev–Trinajstić information content (AvgIpc) is 1.63. The van der Waals surface area contributed by atoms with Crippen molar-refractivity contribution >= 4 is 72.5 Å². The monoisotopic (exact) mass is 220 g/mol. The third-order valence-electron chi connectivity index (χ3n) is 0.365. The SMILES string of the molecule is CN(C)C([O-])=S.NC([O-])=S.[Ca+2]. The maximum Gasteiger partial charge on any atom is 2.00 e. The van der Waals surface area contributed by atoms with Crippen LogP contribution >= 0.6 is 24.4 Å². The fourth-order valence-corrected chi connectivity index (χ4v) is 0. The minimum atomic E-state index is -0.750. The molecular weight excluding hydrogens is 212 g/mol. The van der Waals surface area contributed by atoms with Crippen molar-refractivity contribution in [3.05, 3.63) is 0 Å². The predicted octanol–water partition coefficient (Wildman–Crippen LogP) is -2.60. The van der Waals surface area contributed by atoms with Gasteiger partial charge in [-0.2, -0.15) is 0 Å². The quantitative estimate of drug-likeness (QED) is 0.356. The van der Waals surface area contributed by atoms with Crippen LogP contribution in [0.2, 0.25) is 0 Å².